The Hall–Kier alpha value is -0.930. The number of fused-ring (bicyclic) bond motifs is 1. The molecule has 2 aromatic rings. The molecule has 0 saturated heterocycles. The van der Waals surface area contributed by atoms with Gasteiger partial charge >= 0.3 is 0 Å². The predicted molar refractivity (Wildman–Crippen MR) is 78.5 cm³/mol. The molecule has 1 unspecified atom stereocenters. The van der Waals surface area contributed by atoms with E-state index in [0.717, 1.165) is 22.5 Å². The molecule has 1 fully saturated rings. The van der Waals surface area contributed by atoms with Crippen molar-refractivity contribution in [2.45, 2.75) is 32.4 Å². The quantitative estimate of drug-likeness (QED) is 0.927. The lowest BCUT2D eigenvalue weighted by molar-refractivity contribution is 0.497. The van der Waals surface area contributed by atoms with E-state index in [1.807, 2.05) is 12.3 Å². The standard InChI is InChI=1S/C15H17BrN2/c1-10(11-4-5-11)18-9-12-6-7-14(16)13-3-2-8-17-15(12)13/h2-3,6-8,10-11,18H,4-5,9H2,1H3. The topological polar surface area (TPSA) is 24.9 Å². The molecule has 3 rings (SSSR count). The SMILES string of the molecule is CC(NCc1ccc(Br)c2cccnc12)C1CC1. The van der Waals surface area contributed by atoms with Gasteiger partial charge in [-0.3, -0.25) is 4.98 Å². The summed E-state index contributed by atoms with van der Waals surface area (Å²) in [5, 5.41) is 4.81. The summed E-state index contributed by atoms with van der Waals surface area (Å²) >= 11 is 3.58. The molecule has 1 atom stereocenters. The number of rotatable bonds is 4. The maximum Gasteiger partial charge on any atom is 0.0758 e. The maximum absolute atomic E-state index is 4.51. The van der Waals surface area contributed by atoms with Gasteiger partial charge in [-0.25, -0.2) is 0 Å². The molecule has 0 aliphatic heterocycles. The Morgan fingerprint density at radius 3 is 3.00 bits per heavy atom. The monoisotopic (exact) mass is 304 g/mol. The third-order valence-electron chi connectivity index (χ3n) is 3.74. The highest BCUT2D eigenvalue weighted by Gasteiger charge is 2.27. The van der Waals surface area contributed by atoms with Crippen molar-refractivity contribution in [1.29, 1.82) is 0 Å². The second kappa shape index (κ2) is 4.98. The minimum atomic E-state index is 0.618. The van der Waals surface area contributed by atoms with Crippen molar-refractivity contribution in [3.63, 3.8) is 0 Å². The summed E-state index contributed by atoms with van der Waals surface area (Å²) in [6.45, 7) is 3.19. The zero-order valence-electron chi connectivity index (χ0n) is 10.5. The van der Waals surface area contributed by atoms with E-state index in [-0.39, 0.29) is 0 Å². The van der Waals surface area contributed by atoms with Gasteiger partial charge in [0.1, 0.15) is 0 Å². The number of hydrogen-bond acceptors (Lipinski definition) is 2. The van der Waals surface area contributed by atoms with Crippen LogP contribution in [0.2, 0.25) is 0 Å². The minimum absolute atomic E-state index is 0.618. The first-order valence-corrected chi connectivity index (χ1v) is 7.30. The molecule has 1 N–H and O–H groups in total. The highest BCUT2D eigenvalue weighted by atomic mass is 79.9. The Morgan fingerprint density at radius 1 is 1.39 bits per heavy atom. The van der Waals surface area contributed by atoms with Gasteiger partial charge in [0.15, 0.2) is 0 Å². The molecule has 1 aromatic carbocycles. The molecule has 2 nitrogen and oxygen atoms in total. The van der Waals surface area contributed by atoms with E-state index >= 15 is 0 Å². The van der Waals surface area contributed by atoms with Gasteiger partial charge in [0.2, 0.25) is 0 Å². The second-order valence-corrected chi connectivity index (χ2v) is 5.97. The van der Waals surface area contributed by atoms with Crippen LogP contribution in [0, 0.1) is 5.92 Å². The average Bonchev–Trinajstić information content (AvgIpc) is 3.22. The van der Waals surface area contributed by atoms with Crippen LogP contribution < -0.4 is 5.32 Å². The fraction of sp³-hybridized carbons (Fsp3) is 0.400. The number of aromatic nitrogens is 1. The summed E-state index contributed by atoms with van der Waals surface area (Å²) in [7, 11) is 0. The highest BCUT2D eigenvalue weighted by Crippen LogP contribution is 2.32. The molecule has 94 valence electrons. The van der Waals surface area contributed by atoms with Crippen molar-refractivity contribution in [3.05, 3.63) is 40.5 Å². The first kappa shape index (κ1) is 12.1. The van der Waals surface area contributed by atoms with Gasteiger partial charge in [0.25, 0.3) is 0 Å². The lowest BCUT2D eigenvalue weighted by Crippen LogP contribution is -2.27. The summed E-state index contributed by atoms with van der Waals surface area (Å²) in [6, 6.07) is 8.99. The second-order valence-electron chi connectivity index (χ2n) is 5.11. The van der Waals surface area contributed by atoms with E-state index in [1.54, 1.807) is 0 Å². The van der Waals surface area contributed by atoms with Crippen LogP contribution >= 0.6 is 15.9 Å². The number of benzene rings is 1. The molecular weight excluding hydrogens is 288 g/mol. The van der Waals surface area contributed by atoms with Crippen LogP contribution in [-0.4, -0.2) is 11.0 Å². The molecule has 0 amide bonds. The first-order valence-electron chi connectivity index (χ1n) is 6.51. The number of pyridine rings is 1. The van der Waals surface area contributed by atoms with Gasteiger partial charge in [-0.1, -0.05) is 28.1 Å². The van der Waals surface area contributed by atoms with Gasteiger partial charge in [0.05, 0.1) is 5.52 Å². The van der Waals surface area contributed by atoms with E-state index in [2.05, 4.69) is 51.4 Å². The zero-order chi connectivity index (χ0) is 12.5. The van der Waals surface area contributed by atoms with Crippen LogP contribution in [0.5, 0.6) is 0 Å². The van der Waals surface area contributed by atoms with Crippen LogP contribution in [0.1, 0.15) is 25.3 Å². The van der Waals surface area contributed by atoms with Gasteiger partial charge in [-0.05, 0) is 43.4 Å². The molecular formula is C15H17BrN2. The minimum Gasteiger partial charge on any atom is -0.310 e. The van der Waals surface area contributed by atoms with Gasteiger partial charge in [0, 0.05) is 28.6 Å². The summed E-state index contributed by atoms with van der Waals surface area (Å²) in [5.74, 6) is 0.889. The molecule has 1 aromatic heterocycles. The van der Waals surface area contributed by atoms with Crippen LogP contribution in [0.4, 0.5) is 0 Å². The third-order valence-corrected chi connectivity index (χ3v) is 4.44. The lowest BCUT2D eigenvalue weighted by Gasteiger charge is -2.14. The molecule has 18 heavy (non-hydrogen) atoms. The van der Waals surface area contributed by atoms with Crippen LogP contribution in [0.15, 0.2) is 34.9 Å². The van der Waals surface area contributed by atoms with Gasteiger partial charge in [-0.15, -0.1) is 0 Å². The van der Waals surface area contributed by atoms with Gasteiger partial charge in [-0.2, -0.15) is 0 Å². The van der Waals surface area contributed by atoms with Crippen LogP contribution in [0.3, 0.4) is 0 Å². The maximum atomic E-state index is 4.51. The molecule has 0 spiro atoms. The fourth-order valence-corrected chi connectivity index (χ4v) is 2.82. The van der Waals surface area contributed by atoms with Gasteiger partial charge < -0.3 is 5.32 Å². The Labute approximate surface area is 116 Å². The van der Waals surface area contributed by atoms with E-state index in [4.69, 9.17) is 0 Å². The fourth-order valence-electron chi connectivity index (χ4n) is 2.37. The summed E-state index contributed by atoms with van der Waals surface area (Å²) < 4.78 is 1.12. The first-order chi connectivity index (χ1) is 8.75. The molecule has 0 bridgehead atoms. The number of hydrogen-bond donors (Lipinski definition) is 1. The zero-order valence-corrected chi connectivity index (χ0v) is 12.1. The van der Waals surface area contributed by atoms with Crippen LogP contribution in [0.25, 0.3) is 10.9 Å². The van der Waals surface area contributed by atoms with Crippen molar-refractivity contribution in [3.8, 4) is 0 Å². The van der Waals surface area contributed by atoms with Crippen molar-refractivity contribution >= 4 is 26.8 Å². The predicted octanol–water partition coefficient (Wildman–Crippen LogP) is 3.89. The molecule has 1 saturated carbocycles. The summed E-state index contributed by atoms with van der Waals surface area (Å²) in [5.41, 5.74) is 2.38. The van der Waals surface area contributed by atoms with E-state index in [1.165, 1.54) is 23.8 Å². The van der Waals surface area contributed by atoms with Crippen LogP contribution in [-0.2, 0) is 6.54 Å². The number of nitrogens with one attached hydrogen (secondary N) is 1. The van der Waals surface area contributed by atoms with E-state index in [0.29, 0.717) is 6.04 Å². The third kappa shape index (κ3) is 2.43. The van der Waals surface area contributed by atoms with Crippen molar-refractivity contribution < 1.29 is 0 Å². The summed E-state index contributed by atoms with van der Waals surface area (Å²) in [4.78, 5) is 4.51. The highest BCUT2D eigenvalue weighted by molar-refractivity contribution is 9.10. The molecule has 0 radical (unpaired) electrons. The summed E-state index contributed by atoms with van der Waals surface area (Å²) in [6.07, 6.45) is 4.63. The average molecular weight is 305 g/mol. The Morgan fingerprint density at radius 2 is 2.22 bits per heavy atom. The molecule has 3 heteroatoms. The van der Waals surface area contributed by atoms with E-state index < -0.39 is 0 Å². The van der Waals surface area contributed by atoms with Crippen molar-refractivity contribution in [2.24, 2.45) is 5.92 Å². The molecule has 1 aliphatic carbocycles. The number of halogens is 1. The van der Waals surface area contributed by atoms with Crippen molar-refractivity contribution in [2.75, 3.05) is 0 Å². The normalized spacial score (nSPS) is 17.0. The van der Waals surface area contributed by atoms with Crippen molar-refractivity contribution in [1.82, 2.24) is 10.3 Å². The molecule has 1 aliphatic rings. The molecule has 1 heterocycles. The lowest BCUT2D eigenvalue weighted by atomic mass is 10.1. The largest absolute Gasteiger partial charge is 0.310 e. The Kier molecular flexibility index (Phi) is 3.35. The smallest absolute Gasteiger partial charge is 0.0758 e. The Bertz CT molecular complexity index is 563. The van der Waals surface area contributed by atoms with E-state index in [9.17, 15) is 0 Å². The Balaban J connectivity index is 1.85. The number of nitrogens with zero attached hydrogens (tertiary/aromatic N) is 1.